The van der Waals surface area contributed by atoms with Gasteiger partial charge in [-0.25, -0.2) is 4.79 Å². The summed E-state index contributed by atoms with van der Waals surface area (Å²) in [6.07, 6.45) is 0.337. The van der Waals surface area contributed by atoms with Crippen LogP contribution < -0.4 is 16.4 Å². The highest BCUT2D eigenvalue weighted by atomic mass is 19.4. The minimum atomic E-state index is -4.43. The molecule has 3 aromatic rings. The topological polar surface area (TPSA) is 95.3 Å². The molecule has 0 fully saturated rings. The molecule has 0 saturated heterocycles. The van der Waals surface area contributed by atoms with Crippen LogP contribution in [-0.4, -0.2) is 23.8 Å². The molecule has 0 aliphatic rings. The first-order chi connectivity index (χ1) is 14.3. The number of nitrogens with zero attached hydrogens (tertiary/aromatic N) is 1. The number of H-pyrrole nitrogens is 1. The largest absolute Gasteiger partial charge is 0.416 e. The molecular weight excluding hydrogens is 395 g/mol. The number of urea groups is 1. The second-order valence-electron chi connectivity index (χ2n) is 6.37. The zero-order valence-electron chi connectivity index (χ0n) is 16.0. The molecule has 156 valence electrons. The lowest BCUT2D eigenvalue weighted by Crippen LogP contribution is -2.19. The molecule has 6 nitrogen and oxygen atoms in total. The quantitative estimate of drug-likeness (QED) is 0.430. The van der Waals surface area contributed by atoms with Gasteiger partial charge in [-0.2, -0.15) is 13.2 Å². The maximum Gasteiger partial charge on any atom is 0.416 e. The SMILES string of the molecule is CCN=C/C(=C\N)c1ccc2[nH]cc(NC(=O)Nc3ccc(C(F)(F)F)cc3)c2c1. The van der Waals surface area contributed by atoms with Gasteiger partial charge in [0.15, 0.2) is 0 Å². The Labute approximate surface area is 170 Å². The molecule has 0 atom stereocenters. The van der Waals surface area contributed by atoms with Crippen molar-refractivity contribution in [3.63, 3.8) is 0 Å². The monoisotopic (exact) mass is 415 g/mol. The van der Waals surface area contributed by atoms with Crippen molar-refractivity contribution < 1.29 is 18.0 Å². The first-order valence-corrected chi connectivity index (χ1v) is 9.10. The number of rotatable bonds is 5. The number of allylic oxidation sites excluding steroid dienone is 1. The Morgan fingerprint density at radius 1 is 1.17 bits per heavy atom. The molecule has 0 unspecified atom stereocenters. The molecule has 0 aliphatic heterocycles. The van der Waals surface area contributed by atoms with E-state index >= 15 is 0 Å². The van der Waals surface area contributed by atoms with Gasteiger partial charge in [0, 0.05) is 47.3 Å². The normalized spacial score (nSPS) is 12.5. The summed E-state index contributed by atoms with van der Waals surface area (Å²) in [5, 5.41) is 5.96. The molecule has 1 heterocycles. The third-order valence-electron chi connectivity index (χ3n) is 4.33. The highest BCUT2D eigenvalue weighted by Crippen LogP contribution is 2.30. The fourth-order valence-electron chi connectivity index (χ4n) is 2.83. The summed E-state index contributed by atoms with van der Waals surface area (Å²) >= 11 is 0. The number of carbonyl (C=O) groups excluding carboxylic acids is 1. The van der Waals surface area contributed by atoms with Crippen molar-refractivity contribution in [1.82, 2.24) is 4.98 Å². The number of amides is 2. The van der Waals surface area contributed by atoms with Crippen LogP contribution in [0.4, 0.5) is 29.3 Å². The molecule has 0 saturated carbocycles. The second kappa shape index (κ2) is 8.73. The second-order valence-corrected chi connectivity index (χ2v) is 6.37. The summed E-state index contributed by atoms with van der Waals surface area (Å²) in [6, 6.07) is 9.22. The van der Waals surface area contributed by atoms with Gasteiger partial charge in [0.2, 0.25) is 0 Å². The van der Waals surface area contributed by atoms with Gasteiger partial charge in [-0.15, -0.1) is 0 Å². The predicted molar refractivity (Wildman–Crippen MR) is 114 cm³/mol. The Hall–Kier alpha value is -3.75. The van der Waals surface area contributed by atoms with Crippen molar-refractivity contribution in [2.45, 2.75) is 13.1 Å². The summed E-state index contributed by atoms with van der Waals surface area (Å²) in [4.78, 5) is 19.6. The average molecular weight is 415 g/mol. The molecule has 0 aliphatic carbocycles. The van der Waals surface area contributed by atoms with E-state index in [4.69, 9.17) is 5.73 Å². The first-order valence-electron chi connectivity index (χ1n) is 9.10. The Balaban J connectivity index is 1.77. The van der Waals surface area contributed by atoms with E-state index in [1.54, 1.807) is 12.4 Å². The van der Waals surface area contributed by atoms with Crippen LogP contribution in [0.2, 0.25) is 0 Å². The summed E-state index contributed by atoms with van der Waals surface area (Å²) in [7, 11) is 0. The molecule has 2 aromatic carbocycles. The van der Waals surface area contributed by atoms with Crippen molar-refractivity contribution >= 4 is 40.1 Å². The van der Waals surface area contributed by atoms with Crippen LogP contribution in [0.15, 0.2) is 59.9 Å². The van der Waals surface area contributed by atoms with Crippen LogP contribution in [-0.2, 0) is 6.18 Å². The van der Waals surface area contributed by atoms with Gasteiger partial charge >= 0.3 is 12.2 Å². The van der Waals surface area contributed by atoms with Gasteiger partial charge in [-0.3, -0.25) is 4.99 Å². The van der Waals surface area contributed by atoms with Gasteiger partial charge in [0.1, 0.15) is 0 Å². The summed E-state index contributed by atoms with van der Waals surface area (Å²) < 4.78 is 37.9. The number of fused-ring (bicyclic) bond motifs is 1. The third-order valence-corrected chi connectivity index (χ3v) is 4.33. The fraction of sp³-hybridized carbons (Fsp3) is 0.143. The number of halogens is 3. The lowest BCUT2D eigenvalue weighted by molar-refractivity contribution is -0.137. The molecule has 2 amide bonds. The highest BCUT2D eigenvalue weighted by molar-refractivity contribution is 6.12. The summed E-state index contributed by atoms with van der Waals surface area (Å²) in [5.41, 5.74) is 8.03. The number of nitrogens with one attached hydrogen (secondary N) is 3. The minimum absolute atomic E-state index is 0.241. The molecule has 1 aromatic heterocycles. The van der Waals surface area contributed by atoms with Gasteiger partial charge in [-0.1, -0.05) is 6.07 Å². The number of alkyl halides is 3. The lowest BCUT2D eigenvalue weighted by atomic mass is 10.1. The van der Waals surface area contributed by atoms with E-state index in [9.17, 15) is 18.0 Å². The van der Waals surface area contributed by atoms with E-state index in [0.29, 0.717) is 12.2 Å². The smallest absolute Gasteiger partial charge is 0.404 e. The van der Waals surface area contributed by atoms with Crippen molar-refractivity contribution in [2.24, 2.45) is 10.7 Å². The predicted octanol–water partition coefficient (Wildman–Crippen LogP) is 5.22. The maximum atomic E-state index is 12.6. The molecule has 9 heteroatoms. The van der Waals surface area contributed by atoms with E-state index in [2.05, 4.69) is 20.6 Å². The van der Waals surface area contributed by atoms with Gasteiger partial charge in [-0.05, 0) is 48.9 Å². The number of carbonyl (C=O) groups is 1. The van der Waals surface area contributed by atoms with Crippen molar-refractivity contribution in [2.75, 3.05) is 17.2 Å². The minimum Gasteiger partial charge on any atom is -0.404 e. The van der Waals surface area contributed by atoms with E-state index in [0.717, 1.165) is 34.2 Å². The van der Waals surface area contributed by atoms with Crippen LogP contribution >= 0.6 is 0 Å². The number of hydrogen-bond acceptors (Lipinski definition) is 3. The fourth-order valence-corrected chi connectivity index (χ4v) is 2.83. The number of aromatic amines is 1. The molecule has 0 radical (unpaired) electrons. The molecular formula is C21H20F3N5O. The van der Waals surface area contributed by atoms with Crippen molar-refractivity contribution in [1.29, 1.82) is 0 Å². The number of nitrogens with two attached hydrogens (primary N) is 1. The maximum absolute atomic E-state index is 12.6. The van der Waals surface area contributed by atoms with Gasteiger partial charge < -0.3 is 21.4 Å². The van der Waals surface area contributed by atoms with Crippen LogP contribution in [0.5, 0.6) is 0 Å². The highest BCUT2D eigenvalue weighted by Gasteiger charge is 2.30. The van der Waals surface area contributed by atoms with E-state index in [-0.39, 0.29) is 5.69 Å². The molecule has 5 N–H and O–H groups in total. The summed E-state index contributed by atoms with van der Waals surface area (Å²) in [5.74, 6) is 0. The van der Waals surface area contributed by atoms with Crippen molar-refractivity contribution in [3.05, 3.63) is 66.0 Å². The zero-order valence-corrected chi connectivity index (χ0v) is 16.0. The van der Waals surface area contributed by atoms with Crippen LogP contribution in [0.1, 0.15) is 18.1 Å². The van der Waals surface area contributed by atoms with Gasteiger partial charge in [0.25, 0.3) is 0 Å². The number of anilines is 2. The molecule has 0 bridgehead atoms. The third kappa shape index (κ3) is 4.80. The molecule has 3 rings (SSSR count). The standard InChI is InChI=1S/C21H20F3N5O/c1-2-26-11-14(10-25)13-3-8-18-17(9-13)19(12-27-18)29-20(30)28-16-6-4-15(5-7-16)21(22,23)24/h3-12,27H,2,25H2,1H3,(H2,28,29,30)/b14-10+,26-11?. The summed E-state index contributed by atoms with van der Waals surface area (Å²) in [6.45, 7) is 2.54. The Morgan fingerprint density at radius 2 is 1.90 bits per heavy atom. The zero-order chi connectivity index (χ0) is 21.7. The van der Waals surface area contributed by atoms with Crippen molar-refractivity contribution in [3.8, 4) is 0 Å². The van der Waals surface area contributed by atoms with Crippen LogP contribution in [0, 0.1) is 0 Å². The Bertz CT molecular complexity index is 1100. The molecule has 0 spiro atoms. The Kier molecular flexibility index (Phi) is 6.10. The average Bonchev–Trinajstić information content (AvgIpc) is 3.10. The number of aliphatic imine (C=N–C) groups is 1. The number of aromatic nitrogens is 1. The lowest BCUT2D eigenvalue weighted by Gasteiger charge is -2.10. The van der Waals surface area contributed by atoms with Crippen LogP contribution in [0.3, 0.4) is 0 Å². The van der Waals surface area contributed by atoms with E-state index in [1.807, 2.05) is 25.1 Å². The van der Waals surface area contributed by atoms with Gasteiger partial charge in [0.05, 0.1) is 11.3 Å². The Morgan fingerprint density at radius 3 is 2.53 bits per heavy atom. The number of benzene rings is 2. The van der Waals surface area contributed by atoms with E-state index in [1.165, 1.54) is 18.3 Å². The number of hydrogen-bond donors (Lipinski definition) is 4. The van der Waals surface area contributed by atoms with E-state index < -0.39 is 17.8 Å². The first kappa shape index (κ1) is 21.0. The molecule has 30 heavy (non-hydrogen) atoms. The van der Waals surface area contributed by atoms with Crippen LogP contribution in [0.25, 0.3) is 16.5 Å².